The summed E-state index contributed by atoms with van der Waals surface area (Å²) in [6, 6.07) is 15.1. The molecule has 2 N–H and O–H groups in total. The van der Waals surface area contributed by atoms with Gasteiger partial charge in [-0.2, -0.15) is 0 Å². The van der Waals surface area contributed by atoms with E-state index in [9.17, 15) is 4.39 Å². The molecule has 0 heterocycles. The summed E-state index contributed by atoms with van der Waals surface area (Å²) in [4.78, 5) is 0. The number of hydrogen-bond donors (Lipinski definition) is 2. The van der Waals surface area contributed by atoms with Gasteiger partial charge in [0.1, 0.15) is 5.82 Å². The molecule has 2 aromatic carbocycles. The van der Waals surface area contributed by atoms with E-state index in [1.807, 2.05) is 18.2 Å². The van der Waals surface area contributed by atoms with Crippen LogP contribution in [0.15, 0.2) is 53.0 Å². The maximum atomic E-state index is 13.9. The van der Waals surface area contributed by atoms with Gasteiger partial charge in [0.05, 0.1) is 11.7 Å². The average molecular weight is 395 g/mol. The molecule has 0 fully saturated rings. The van der Waals surface area contributed by atoms with Crippen LogP contribution >= 0.6 is 28.1 Å². The zero-order valence-corrected chi connectivity index (χ0v) is 15.5. The second-order valence-electron chi connectivity index (χ2n) is 5.82. The van der Waals surface area contributed by atoms with Crippen molar-refractivity contribution in [1.29, 1.82) is 0 Å². The molecule has 23 heavy (non-hydrogen) atoms. The second-order valence-corrected chi connectivity index (χ2v) is 7.14. The lowest BCUT2D eigenvalue weighted by molar-refractivity contribution is 0.480. The first-order valence-electron chi connectivity index (χ1n) is 7.53. The highest BCUT2D eigenvalue weighted by molar-refractivity contribution is 9.10. The summed E-state index contributed by atoms with van der Waals surface area (Å²) < 4.78 is 14.6. The fourth-order valence-electron chi connectivity index (χ4n) is 2.34. The van der Waals surface area contributed by atoms with Gasteiger partial charge in [0.25, 0.3) is 0 Å². The number of rotatable bonds is 5. The number of halogens is 2. The van der Waals surface area contributed by atoms with E-state index in [1.165, 1.54) is 11.6 Å². The predicted octanol–water partition coefficient (Wildman–Crippen LogP) is 5.66. The Kier molecular flexibility index (Phi) is 6.54. The molecule has 0 aliphatic carbocycles. The fraction of sp³-hybridized carbons (Fsp3) is 0.278. The van der Waals surface area contributed by atoms with Crippen LogP contribution in [0.3, 0.4) is 0 Å². The summed E-state index contributed by atoms with van der Waals surface area (Å²) in [5.41, 5.74) is 1.53. The van der Waals surface area contributed by atoms with Gasteiger partial charge in [-0.1, -0.05) is 60.1 Å². The van der Waals surface area contributed by atoms with Crippen LogP contribution in [0.2, 0.25) is 0 Å². The van der Waals surface area contributed by atoms with Crippen molar-refractivity contribution in [3.05, 3.63) is 64.4 Å². The van der Waals surface area contributed by atoms with E-state index in [0.717, 1.165) is 6.42 Å². The Morgan fingerprint density at radius 3 is 2.48 bits per heavy atom. The van der Waals surface area contributed by atoms with Gasteiger partial charge in [-0.25, -0.2) is 4.39 Å². The van der Waals surface area contributed by atoms with E-state index >= 15 is 0 Å². The van der Waals surface area contributed by atoms with Gasteiger partial charge in [0.15, 0.2) is 5.11 Å². The Hall–Kier alpha value is -1.46. The van der Waals surface area contributed by atoms with Gasteiger partial charge in [0.2, 0.25) is 0 Å². The van der Waals surface area contributed by atoms with Crippen molar-refractivity contribution in [2.24, 2.45) is 5.92 Å². The number of nitrogens with one attached hydrogen (secondary N) is 2. The molecule has 0 saturated heterocycles. The number of thiocarbonyl (C=S) groups is 1. The molecule has 0 aromatic heterocycles. The Labute approximate surface area is 150 Å². The van der Waals surface area contributed by atoms with Gasteiger partial charge < -0.3 is 10.6 Å². The van der Waals surface area contributed by atoms with Crippen molar-refractivity contribution in [3.8, 4) is 0 Å². The van der Waals surface area contributed by atoms with Crippen molar-refractivity contribution in [3.63, 3.8) is 0 Å². The van der Waals surface area contributed by atoms with Crippen LogP contribution in [0.5, 0.6) is 0 Å². The fourth-order valence-corrected chi connectivity index (χ4v) is 2.93. The van der Waals surface area contributed by atoms with Gasteiger partial charge in [-0.3, -0.25) is 0 Å². The van der Waals surface area contributed by atoms with E-state index in [-0.39, 0.29) is 11.9 Å². The van der Waals surface area contributed by atoms with Crippen LogP contribution in [0.4, 0.5) is 10.1 Å². The van der Waals surface area contributed by atoms with Crippen molar-refractivity contribution in [2.45, 2.75) is 26.3 Å². The second kappa shape index (κ2) is 8.41. The van der Waals surface area contributed by atoms with Crippen LogP contribution in [0.25, 0.3) is 0 Å². The molecule has 0 aliphatic rings. The highest BCUT2D eigenvalue weighted by Crippen LogP contribution is 2.22. The summed E-state index contributed by atoms with van der Waals surface area (Å²) in [7, 11) is 0. The summed E-state index contributed by atoms with van der Waals surface area (Å²) >= 11 is 8.60. The van der Waals surface area contributed by atoms with Crippen molar-refractivity contribution < 1.29 is 4.39 Å². The van der Waals surface area contributed by atoms with E-state index in [0.29, 0.717) is 21.2 Å². The first-order valence-corrected chi connectivity index (χ1v) is 8.73. The molecule has 0 radical (unpaired) electrons. The van der Waals surface area contributed by atoms with Gasteiger partial charge in [-0.15, -0.1) is 0 Å². The minimum absolute atomic E-state index is 0.0923. The summed E-state index contributed by atoms with van der Waals surface area (Å²) in [6.45, 7) is 4.34. The normalized spacial score (nSPS) is 12.0. The molecule has 5 heteroatoms. The Balaban J connectivity index is 2.08. The third-order valence-corrected chi connectivity index (χ3v) is 4.11. The number of hydrogen-bond acceptors (Lipinski definition) is 1. The Morgan fingerprint density at radius 2 is 1.87 bits per heavy atom. The number of benzene rings is 2. The van der Waals surface area contributed by atoms with E-state index in [4.69, 9.17) is 12.2 Å². The topological polar surface area (TPSA) is 24.1 Å². The molecule has 0 amide bonds. The Morgan fingerprint density at radius 1 is 1.17 bits per heavy atom. The molecule has 1 atom stereocenters. The first kappa shape index (κ1) is 17.9. The maximum absolute atomic E-state index is 13.9. The van der Waals surface area contributed by atoms with Crippen molar-refractivity contribution >= 4 is 38.9 Å². The quantitative estimate of drug-likeness (QED) is 0.639. The van der Waals surface area contributed by atoms with E-state index in [2.05, 4.69) is 52.5 Å². The van der Waals surface area contributed by atoms with Gasteiger partial charge >= 0.3 is 0 Å². The van der Waals surface area contributed by atoms with Crippen molar-refractivity contribution in [1.82, 2.24) is 5.32 Å². The standard InChI is InChI=1S/C18H20BrFN2S/c1-12(2)10-17(13-6-4-3-5-7-13)22-18(23)21-16-9-8-14(19)11-15(16)20/h3-9,11-12,17H,10H2,1-2H3,(H2,21,22,23)/t17-/m0/s1. The van der Waals surface area contributed by atoms with E-state index < -0.39 is 0 Å². The van der Waals surface area contributed by atoms with Crippen molar-refractivity contribution in [2.75, 3.05) is 5.32 Å². The smallest absolute Gasteiger partial charge is 0.171 e. The molecule has 2 rings (SSSR count). The van der Waals surface area contributed by atoms with Crippen LogP contribution in [0, 0.1) is 11.7 Å². The minimum atomic E-state index is -0.344. The largest absolute Gasteiger partial charge is 0.356 e. The lowest BCUT2D eigenvalue weighted by atomic mass is 9.97. The molecule has 0 bridgehead atoms. The van der Waals surface area contributed by atoms with Crippen LogP contribution in [0.1, 0.15) is 31.9 Å². The molecular weight excluding hydrogens is 375 g/mol. The lowest BCUT2D eigenvalue weighted by Crippen LogP contribution is -2.33. The summed E-state index contributed by atoms with van der Waals surface area (Å²) in [6.07, 6.45) is 0.939. The third kappa shape index (κ3) is 5.59. The molecule has 2 nitrogen and oxygen atoms in total. The maximum Gasteiger partial charge on any atom is 0.171 e. The molecule has 2 aromatic rings. The minimum Gasteiger partial charge on any atom is -0.356 e. The first-order chi connectivity index (χ1) is 11.0. The van der Waals surface area contributed by atoms with Crippen LogP contribution in [-0.2, 0) is 0 Å². The predicted molar refractivity (Wildman–Crippen MR) is 102 cm³/mol. The molecule has 0 saturated carbocycles. The molecule has 0 aliphatic heterocycles. The lowest BCUT2D eigenvalue weighted by Gasteiger charge is -2.23. The zero-order valence-electron chi connectivity index (χ0n) is 13.1. The summed E-state index contributed by atoms with van der Waals surface area (Å²) in [5.74, 6) is 0.170. The van der Waals surface area contributed by atoms with E-state index in [1.54, 1.807) is 12.1 Å². The highest BCUT2D eigenvalue weighted by atomic mass is 79.9. The van der Waals surface area contributed by atoms with Crippen LogP contribution in [-0.4, -0.2) is 5.11 Å². The molecule has 0 spiro atoms. The van der Waals surface area contributed by atoms with Gasteiger partial charge in [0, 0.05) is 4.47 Å². The highest BCUT2D eigenvalue weighted by Gasteiger charge is 2.15. The average Bonchev–Trinajstić information content (AvgIpc) is 2.50. The molecule has 122 valence electrons. The SMILES string of the molecule is CC(C)C[C@H](NC(=S)Nc1ccc(Br)cc1F)c1ccccc1. The molecule has 0 unspecified atom stereocenters. The van der Waals surface area contributed by atoms with Gasteiger partial charge in [-0.05, 0) is 48.3 Å². The monoisotopic (exact) mass is 394 g/mol. The van der Waals surface area contributed by atoms with Crippen LogP contribution < -0.4 is 10.6 Å². The Bertz CT molecular complexity index is 661. The zero-order chi connectivity index (χ0) is 16.8. The number of anilines is 1. The summed E-state index contributed by atoms with van der Waals surface area (Å²) in [5, 5.41) is 6.65. The molecular formula is C18H20BrFN2S. The third-order valence-electron chi connectivity index (χ3n) is 3.39.